The third-order valence-electron chi connectivity index (χ3n) is 3.91. The summed E-state index contributed by atoms with van der Waals surface area (Å²) < 4.78 is 26.9. The molecule has 1 aromatic carbocycles. The maximum absolute atomic E-state index is 12.1. The van der Waals surface area contributed by atoms with Crippen molar-refractivity contribution in [2.24, 2.45) is 5.41 Å². The van der Waals surface area contributed by atoms with Gasteiger partial charge in [-0.3, -0.25) is 0 Å². The zero-order chi connectivity index (χ0) is 13.4. The highest BCUT2D eigenvalue weighted by molar-refractivity contribution is 7.89. The van der Waals surface area contributed by atoms with Crippen molar-refractivity contribution in [2.45, 2.75) is 38.0 Å². The Kier molecular flexibility index (Phi) is 3.38. The molecule has 0 bridgehead atoms. The summed E-state index contributed by atoms with van der Waals surface area (Å²) in [6.07, 6.45) is 3.25. The third-order valence-corrected chi connectivity index (χ3v) is 5.30. The number of nitrogens with one attached hydrogen (secondary N) is 1. The van der Waals surface area contributed by atoms with Crippen molar-refractivity contribution in [2.75, 3.05) is 12.3 Å². The molecule has 0 aromatic heterocycles. The Morgan fingerprint density at radius 1 is 1.39 bits per heavy atom. The average molecular weight is 268 g/mol. The Bertz CT molecular complexity index is 548. The largest absolute Gasteiger partial charge is 0.398 e. The molecule has 18 heavy (non-hydrogen) atoms. The van der Waals surface area contributed by atoms with E-state index in [0.717, 1.165) is 24.8 Å². The average Bonchev–Trinajstić information content (AvgIpc) is 3.11. The lowest BCUT2D eigenvalue weighted by molar-refractivity contribution is 0.475. The van der Waals surface area contributed by atoms with Crippen LogP contribution >= 0.6 is 0 Å². The topological polar surface area (TPSA) is 72.2 Å². The summed E-state index contributed by atoms with van der Waals surface area (Å²) in [5, 5.41) is 0. The van der Waals surface area contributed by atoms with Gasteiger partial charge in [-0.2, -0.15) is 0 Å². The fourth-order valence-electron chi connectivity index (χ4n) is 1.95. The van der Waals surface area contributed by atoms with Crippen molar-refractivity contribution in [1.29, 1.82) is 0 Å². The van der Waals surface area contributed by atoms with Gasteiger partial charge in [0, 0.05) is 12.2 Å². The van der Waals surface area contributed by atoms with E-state index >= 15 is 0 Å². The Labute approximate surface area is 109 Å². The predicted molar refractivity (Wildman–Crippen MR) is 72.7 cm³/mol. The molecular weight excluding hydrogens is 248 g/mol. The van der Waals surface area contributed by atoms with Crippen LogP contribution in [0.2, 0.25) is 0 Å². The SMILES string of the molecule is CCC1(CNS(=O)(=O)c2ccc(C)c(N)c2)CC1. The lowest BCUT2D eigenvalue weighted by Crippen LogP contribution is -2.30. The maximum atomic E-state index is 12.1. The summed E-state index contributed by atoms with van der Waals surface area (Å²) >= 11 is 0. The molecule has 0 aliphatic heterocycles. The Morgan fingerprint density at radius 2 is 2.06 bits per heavy atom. The number of aryl methyl sites for hydroxylation is 1. The van der Waals surface area contributed by atoms with E-state index in [1.54, 1.807) is 12.1 Å². The summed E-state index contributed by atoms with van der Waals surface area (Å²) in [5.74, 6) is 0. The molecule has 3 N–H and O–H groups in total. The minimum Gasteiger partial charge on any atom is -0.398 e. The molecule has 1 fully saturated rings. The second kappa shape index (κ2) is 4.55. The predicted octanol–water partition coefficient (Wildman–Crippen LogP) is 2.05. The van der Waals surface area contributed by atoms with Gasteiger partial charge < -0.3 is 5.73 Å². The minimum absolute atomic E-state index is 0.198. The quantitative estimate of drug-likeness (QED) is 0.803. The van der Waals surface area contributed by atoms with Crippen LogP contribution in [0.25, 0.3) is 0 Å². The van der Waals surface area contributed by atoms with Gasteiger partial charge in [0.2, 0.25) is 10.0 Å². The molecule has 1 aliphatic rings. The normalized spacial score (nSPS) is 17.7. The molecule has 1 aliphatic carbocycles. The van der Waals surface area contributed by atoms with Crippen LogP contribution in [0.5, 0.6) is 0 Å². The van der Waals surface area contributed by atoms with Gasteiger partial charge in [0.1, 0.15) is 0 Å². The van der Waals surface area contributed by atoms with Crippen LogP contribution in [0.1, 0.15) is 31.7 Å². The van der Waals surface area contributed by atoms with Crippen molar-refractivity contribution < 1.29 is 8.42 Å². The first-order chi connectivity index (χ1) is 8.38. The summed E-state index contributed by atoms with van der Waals surface area (Å²) in [6, 6.07) is 4.85. The van der Waals surface area contributed by atoms with Gasteiger partial charge in [0.05, 0.1) is 4.90 Å². The highest BCUT2D eigenvalue weighted by Crippen LogP contribution is 2.48. The van der Waals surface area contributed by atoms with Gasteiger partial charge >= 0.3 is 0 Å². The number of hydrogen-bond acceptors (Lipinski definition) is 3. The first-order valence-electron chi connectivity index (χ1n) is 6.24. The van der Waals surface area contributed by atoms with Crippen LogP contribution in [-0.4, -0.2) is 15.0 Å². The van der Waals surface area contributed by atoms with E-state index < -0.39 is 10.0 Å². The van der Waals surface area contributed by atoms with E-state index in [1.807, 2.05) is 6.92 Å². The van der Waals surface area contributed by atoms with Gasteiger partial charge in [-0.05, 0) is 49.3 Å². The fraction of sp³-hybridized carbons (Fsp3) is 0.538. The lowest BCUT2D eigenvalue weighted by Gasteiger charge is -2.14. The minimum atomic E-state index is -3.43. The summed E-state index contributed by atoms with van der Waals surface area (Å²) in [6.45, 7) is 4.49. The first kappa shape index (κ1) is 13.4. The number of hydrogen-bond donors (Lipinski definition) is 2. The summed E-state index contributed by atoms with van der Waals surface area (Å²) in [4.78, 5) is 0.248. The Balaban J connectivity index is 2.13. The van der Waals surface area contributed by atoms with Crippen molar-refractivity contribution >= 4 is 15.7 Å². The standard InChI is InChI=1S/C13H20N2O2S/c1-3-13(6-7-13)9-15-18(16,17)11-5-4-10(2)12(14)8-11/h4-5,8,15H,3,6-7,9,14H2,1-2H3. The highest BCUT2D eigenvalue weighted by Gasteiger charge is 2.41. The number of anilines is 1. The van der Waals surface area contributed by atoms with E-state index in [4.69, 9.17) is 5.73 Å². The second-order valence-electron chi connectivity index (χ2n) is 5.20. The second-order valence-corrected chi connectivity index (χ2v) is 6.96. The zero-order valence-corrected chi connectivity index (χ0v) is 11.7. The molecular formula is C13H20N2O2S. The van der Waals surface area contributed by atoms with Crippen LogP contribution in [-0.2, 0) is 10.0 Å². The lowest BCUT2D eigenvalue weighted by atomic mass is 10.1. The third kappa shape index (κ3) is 2.67. The maximum Gasteiger partial charge on any atom is 0.240 e. The number of nitrogen functional groups attached to an aromatic ring is 1. The highest BCUT2D eigenvalue weighted by atomic mass is 32.2. The van der Waals surface area contributed by atoms with Crippen LogP contribution in [0.4, 0.5) is 5.69 Å². The van der Waals surface area contributed by atoms with Gasteiger partial charge in [-0.15, -0.1) is 0 Å². The zero-order valence-electron chi connectivity index (χ0n) is 10.9. The van der Waals surface area contributed by atoms with Crippen LogP contribution < -0.4 is 10.5 Å². The molecule has 2 rings (SSSR count). The molecule has 100 valence electrons. The van der Waals surface area contributed by atoms with Gasteiger partial charge in [-0.1, -0.05) is 13.0 Å². The first-order valence-corrected chi connectivity index (χ1v) is 7.73. The molecule has 0 heterocycles. The van der Waals surface area contributed by atoms with E-state index in [0.29, 0.717) is 12.2 Å². The molecule has 5 heteroatoms. The molecule has 0 atom stereocenters. The van der Waals surface area contributed by atoms with E-state index in [2.05, 4.69) is 11.6 Å². The molecule has 4 nitrogen and oxygen atoms in total. The van der Waals surface area contributed by atoms with Crippen molar-refractivity contribution in [3.05, 3.63) is 23.8 Å². The Hall–Kier alpha value is -1.07. The smallest absolute Gasteiger partial charge is 0.240 e. The fourth-order valence-corrected chi connectivity index (χ4v) is 3.14. The van der Waals surface area contributed by atoms with E-state index in [1.165, 1.54) is 6.07 Å². The molecule has 0 unspecified atom stereocenters. The molecule has 0 amide bonds. The van der Waals surface area contributed by atoms with Gasteiger partial charge in [0.25, 0.3) is 0 Å². The number of benzene rings is 1. The van der Waals surface area contributed by atoms with Crippen LogP contribution in [0, 0.1) is 12.3 Å². The summed E-state index contributed by atoms with van der Waals surface area (Å²) in [5.41, 5.74) is 7.34. The van der Waals surface area contributed by atoms with E-state index in [9.17, 15) is 8.42 Å². The van der Waals surface area contributed by atoms with Gasteiger partial charge in [-0.25, -0.2) is 13.1 Å². The molecule has 1 aromatic rings. The molecule has 0 spiro atoms. The van der Waals surface area contributed by atoms with Gasteiger partial charge in [0.15, 0.2) is 0 Å². The monoisotopic (exact) mass is 268 g/mol. The molecule has 1 saturated carbocycles. The molecule has 0 saturated heterocycles. The molecule has 0 radical (unpaired) electrons. The Morgan fingerprint density at radius 3 is 2.56 bits per heavy atom. The number of sulfonamides is 1. The van der Waals surface area contributed by atoms with E-state index in [-0.39, 0.29) is 10.3 Å². The van der Waals surface area contributed by atoms with Crippen molar-refractivity contribution in [3.8, 4) is 0 Å². The van der Waals surface area contributed by atoms with Crippen LogP contribution in [0.15, 0.2) is 23.1 Å². The van der Waals surface area contributed by atoms with Crippen molar-refractivity contribution in [3.63, 3.8) is 0 Å². The van der Waals surface area contributed by atoms with Crippen LogP contribution in [0.3, 0.4) is 0 Å². The summed E-state index contributed by atoms with van der Waals surface area (Å²) in [7, 11) is -3.43. The number of nitrogens with two attached hydrogens (primary N) is 1. The van der Waals surface area contributed by atoms with Crippen molar-refractivity contribution in [1.82, 2.24) is 4.72 Å². The number of rotatable bonds is 5.